The largest absolute Gasteiger partial charge is 0.393 e. The van der Waals surface area contributed by atoms with Gasteiger partial charge in [-0.2, -0.15) is 5.10 Å². The molecule has 0 aromatic carbocycles. The SMILES string of the molecule is Cc1cc(NC(=O)C2CCC(O)CC2)n[nH]1. The molecule has 1 fully saturated rings. The van der Waals surface area contributed by atoms with Crippen molar-refractivity contribution in [1.82, 2.24) is 10.2 Å². The van der Waals surface area contributed by atoms with Crippen LogP contribution in [-0.2, 0) is 4.79 Å². The molecule has 1 amide bonds. The maximum Gasteiger partial charge on any atom is 0.228 e. The first-order valence-electron chi connectivity index (χ1n) is 5.66. The van der Waals surface area contributed by atoms with Crippen LogP contribution in [0, 0.1) is 12.8 Å². The molecule has 2 rings (SSSR count). The molecule has 0 unspecified atom stereocenters. The Morgan fingerprint density at radius 1 is 1.50 bits per heavy atom. The van der Waals surface area contributed by atoms with Gasteiger partial charge >= 0.3 is 0 Å². The lowest BCUT2D eigenvalue weighted by atomic mass is 9.87. The van der Waals surface area contributed by atoms with Gasteiger partial charge in [-0.1, -0.05) is 0 Å². The van der Waals surface area contributed by atoms with E-state index in [1.165, 1.54) is 0 Å². The number of carbonyl (C=O) groups excluding carboxylic acids is 1. The van der Waals surface area contributed by atoms with Gasteiger partial charge in [-0.05, 0) is 32.6 Å². The second-order valence-corrected chi connectivity index (χ2v) is 4.43. The van der Waals surface area contributed by atoms with Crippen molar-refractivity contribution in [3.05, 3.63) is 11.8 Å². The molecule has 1 aromatic rings. The number of H-pyrrole nitrogens is 1. The van der Waals surface area contributed by atoms with Gasteiger partial charge in [-0.25, -0.2) is 0 Å². The minimum atomic E-state index is -0.225. The number of aliphatic hydroxyl groups excluding tert-OH is 1. The van der Waals surface area contributed by atoms with Gasteiger partial charge in [0.2, 0.25) is 5.91 Å². The molecule has 0 spiro atoms. The highest BCUT2D eigenvalue weighted by Crippen LogP contribution is 2.25. The van der Waals surface area contributed by atoms with Crippen LogP contribution in [0.5, 0.6) is 0 Å². The van der Waals surface area contributed by atoms with E-state index in [1.54, 1.807) is 6.07 Å². The Morgan fingerprint density at radius 2 is 2.19 bits per heavy atom. The molecule has 5 nitrogen and oxygen atoms in total. The molecule has 1 aromatic heterocycles. The van der Waals surface area contributed by atoms with E-state index in [-0.39, 0.29) is 17.9 Å². The zero-order valence-corrected chi connectivity index (χ0v) is 9.36. The van der Waals surface area contributed by atoms with Gasteiger partial charge in [0.05, 0.1) is 6.10 Å². The van der Waals surface area contributed by atoms with E-state index in [9.17, 15) is 9.90 Å². The monoisotopic (exact) mass is 223 g/mol. The van der Waals surface area contributed by atoms with Crippen LogP contribution in [0.25, 0.3) is 0 Å². The lowest BCUT2D eigenvalue weighted by Crippen LogP contribution is -2.28. The molecule has 5 heteroatoms. The highest BCUT2D eigenvalue weighted by Gasteiger charge is 2.25. The van der Waals surface area contributed by atoms with Crippen LogP contribution in [0.2, 0.25) is 0 Å². The highest BCUT2D eigenvalue weighted by atomic mass is 16.3. The summed E-state index contributed by atoms with van der Waals surface area (Å²) in [5, 5.41) is 18.9. The number of anilines is 1. The molecule has 16 heavy (non-hydrogen) atoms. The molecule has 1 saturated carbocycles. The van der Waals surface area contributed by atoms with Gasteiger partial charge in [-0.15, -0.1) is 0 Å². The first-order valence-corrected chi connectivity index (χ1v) is 5.66. The third-order valence-corrected chi connectivity index (χ3v) is 3.02. The molecule has 0 aliphatic heterocycles. The van der Waals surface area contributed by atoms with E-state index >= 15 is 0 Å². The standard InChI is InChI=1S/C11H17N3O2/c1-7-6-10(14-13-7)12-11(16)8-2-4-9(15)5-3-8/h6,8-9,15H,2-5H2,1H3,(H2,12,13,14,16). The zero-order valence-electron chi connectivity index (χ0n) is 9.36. The molecule has 3 N–H and O–H groups in total. The van der Waals surface area contributed by atoms with Gasteiger partial charge in [-0.3, -0.25) is 9.89 Å². The van der Waals surface area contributed by atoms with Crippen LogP contribution in [0.15, 0.2) is 6.07 Å². The highest BCUT2D eigenvalue weighted by molar-refractivity contribution is 5.91. The Hall–Kier alpha value is -1.36. The minimum absolute atomic E-state index is 0.0124. The number of hydrogen-bond acceptors (Lipinski definition) is 3. The summed E-state index contributed by atoms with van der Waals surface area (Å²) in [5.74, 6) is 0.604. The van der Waals surface area contributed by atoms with Crippen LogP contribution in [-0.4, -0.2) is 27.3 Å². The third kappa shape index (κ3) is 2.61. The Balaban J connectivity index is 1.88. The van der Waals surface area contributed by atoms with Crippen LogP contribution in [0.3, 0.4) is 0 Å². The Bertz CT molecular complexity index is 367. The van der Waals surface area contributed by atoms with Crippen LogP contribution >= 0.6 is 0 Å². The topological polar surface area (TPSA) is 78.0 Å². The number of nitrogens with one attached hydrogen (secondary N) is 2. The van der Waals surface area contributed by atoms with Crippen molar-refractivity contribution in [2.45, 2.75) is 38.7 Å². The maximum atomic E-state index is 11.8. The summed E-state index contributed by atoms with van der Waals surface area (Å²) in [5.41, 5.74) is 0.925. The summed E-state index contributed by atoms with van der Waals surface area (Å²) in [4.78, 5) is 11.8. The van der Waals surface area contributed by atoms with E-state index in [2.05, 4.69) is 15.5 Å². The third-order valence-electron chi connectivity index (χ3n) is 3.02. The average Bonchev–Trinajstić information content (AvgIpc) is 2.65. The van der Waals surface area contributed by atoms with E-state index in [0.29, 0.717) is 5.82 Å². The molecular formula is C11H17N3O2. The predicted molar refractivity (Wildman–Crippen MR) is 59.9 cm³/mol. The quantitative estimate of drug-likeness (QED) is 0.705. The van der Waals surface area contributed by atoms with E-state index in [0.717, 1.165) is 31.4 Å². The number of aryl methyl sites for hydroxylation is 1. The first-order chi connectivity index (χ1) is 7.65. The van der Waals surface area contributed by atoms with Crippen molar-refractivity contribution in [3.8, 4) is 0 Å². The number of hydrogen-bond donors (Lipinski definition) is 3. The number of aromatic nitrogens is 2. The van der Waals surface area contributed by atoms with Gasteiger partial charge in [0, 0.05) is 17.7 Å². The smallest absolute Gasteiger partial charge is 0.228 e. The fourth-order valence-electron chi connectivity index (χ4n) is 2.05. The second kappa shape index (κ2) is 4.65. The van der Waals surface area contributed by atoms with Gasteiger partial charge in [0.25, 0.3) is 0 Å². The lowest BCUT2D eigenvalue weighted by molar-refractivity contribution is -0.121. The molecule has 0 atom stereocenters. The van der Waals surface area contributed by atoms with Gasteiger partial charge in [0.15, 0.2) is 5.82 Å². The molecule has 1 aliphatic rings. The number of carbonyl (C=O) groups is 1. The summed E-state index contributed by atoms with van der Waals surface area (Å²) in [6.07, 6.45) is 2.74. The van der Waals surface area contributed by atoms with Crippen molar-refractivity contribution in [3.63, 3.8) is 0 Å². The van der Waals surface area contributed by atoms with E-state index in [4.69, 9.17) is 0 Å². The van der Waals surface area contributed by atoms with Crippen molar-refractivity contribution in [1.29, 1.82) is 0 Å². The summed E-state index contributed by atoms with van der Waals surface area (Å²) in [7, 11) is 0. The molecule has 1 heterocycles. The average molecular weight is 223 g/mol. The summed E-state index contributed by atoms with van der Waals surface area (Å²) in [6.45, 7) is 1.89. The van der Waals surface area contributed by atoms with Gasteiger partial charge < -0.3 is 10.4 Å². The maximum absolute atomic E-state index is 11.8. The normalized spacial score (nSPS) is 25.4. The Kier molecular flexibility index (Phi) is 3.24. The minimum Gasteiger partial charge on any atom is -0.393 e. The Morgan fingerprint density at radius 3 is 2.75 bits per heavy atom. The number of nitrogens with zero attached hydrogens (tertiary/aromatic N) is 1. The lowest BCUT2D eigenvalue weighted by Gasteiger charge is -2.23. The van der Waals surface area contributed by atoms with Crippen LogP contribution in [0.4, 0.5) is 5.82 Å². The summed E-state index contributed by atoms with van der Waals surface area (Å²) < 4.78 is 0. The fraction of sp³-hybridized carbons (Fsp3) is 0.636. The van der Waals surface area contributed by atoms with Crippen molar-refractivity contribution >= 4 is 11.7 Å². The molecular weight excluding hydrogens is 206 g/mol. The molecule has 1 aliphatic carbocycles. The van der Waals surface area contributed by atoms with Crippen molar-refractivity contribution < 1.29 is 9.90 Å². The molecule has 88 valence electrons. The van der Waals surface area contributed by atoms with E-state index in [1.807, 2.05) is 6.92 Å². The molecule has 0 radical (unpaired) electrons. The first kappa shape index (κ1) is 11.1. The van der Waals surface area contributed by atoms with Gasteiger partial charge in [0.1, 0.15) is 0 Å². The summed E-state index contributed by atoms with van der Waals surface area (Å²) in [6, 6.07) is 1.80. The zero-order chi connectivity index (χ0) is 11.5. The number of amides is 1. The van der Waals surface area contributed by atoms with Crippen molar-refractivity contribution in [2.75, 3.05) is 5.32 Å². The predicted octanol–water partition coefficient (Wildman–Crippen LogP) is 1.21. The fourth-order valence-corrected chi connectivity index (χ4v) is 2.05. The number of aromatic amines is 1. The molecule has 0 bridgehead atoms. The van der Waals surface area contributed by atoms with Crippen LogP contribution in [0.1, 0.15) is 31.4 Å². The molecule has 0 saturated heterocycles. The summed E-state index contributed by atoms with van der Waals surface area (Å²) >= 11 is 0. The second-order valence-electron chi connectivity index (χ2n) is 4.43. The van der Waals surface area contributed by atoms with Crippen molar-refractivity contribution in [2.24, 2.45) is 5.92 Å². The number of aliphatic hydroxyl groups is 1. The Labute approximate surface area is 94.2 Å². The van der Waals surface area contributed by atoms with E-state index < -0.39 is 0 Å². The van der Waals surface area contributed by atoms with Crippen LogP contribution < -0.4 is 5.32 Å². The number of rotatable bonds is 2.